The van der Waals surface area contributed by atoms with Crippen LogP contribution in [0.4, 0.5) is 0 Å². The summed E-state index contributed by atoms with van der Waals surface area (Å²) in [6.45, 7) is 9.57. The Morgan fingerprint density at radius 3 is 2.36 bits per heavy atom. The van der Waals surface area contributed by atoms with Gasteiger partial charge in [0, 0.05) is 0 Å². The Balaban J connectivity index is 2.43. The highest BCUT2D eigenvalue weighted by Crippen LogP contribution is 2.21. The van der Waals surface area contributed by atoms with Gasteiger partial charge in [0.25, 0.3) is 0 Å². The van der Waals surface area contributed by atoms with Crippen molar-refractivity contribution in [3.05, 3.63) is 29.8 Å². The number of hydrogen-bond donors (Lipinski definition) is 0. The quantitative estimate of drug-likeness (QED) is 0.707. The van der Waals surface area contributed by atoms with Gasteiger partial charge < -0.3 is 4.74 Å². The Morgan fingerprint density at radius 1 is 1.14 bits per heavy atom. The van der Waals surface area contributed by atoms with Crippen LogP contribution in [0.1, 0.15) is 32.8 Å². The molecule has 0 aliphatic rings. The summed E-state index contributed by atoms with van der Waals surface area (Å²) in [5.41, 5.74) is 1.56. The van der Waals surface area contributed by atoms with Crippen LogP contribution in [0, 0.1) is 12.3 Å². The minimum absolute atomic E-state index is 0.350. The summed E-state index contributed by atoms with van der Waals surface area (Å²) in [5.74, 6) is 1.01. The maximum Gasteiger partial charge on any atom is 0.122 e. The summed E-state index contributed by atoms with van der Waals surface area (Å²) >= 11 is 0. The second-order valence-corrected chi connectivity index (χ2v) is 4.92. The van der Waals surface area contributed by atoms with E-state index in [1.54, 1.807) is 0 Å². The maximum absolute atomic E-state index is 5.71. The minimum atomic E-state index is 0.350. The summed E-state index contributed by atoms with van der Waals surface area (Å²) in [5, 5.41) is 0. The SMILES string of the molecule is Cc1ccccc1OCCC(C)(C)C. The van der Waals surface area contributed by atoms with Gasteiger partial charge in [-0.1, -0.05) is 39.0 Å². The summed E-state index contributed by atoms with van der Waals surface area (Å²) in [6.07, 6.45) is 1.08. The predicted molar refractivity (Wildman–Crippen MR) is 60.7 cm³/mol. The van der Waals surface area contributed by atoms with Crippen LogP contribution < -0.4 is 4.74 Å². The molecule has 0 aromatic heterocycles. The second-order valence-electron chi connectivity index (χ2n) is 4.92. The average Bonchev–Trinajstić information content (AvgIpc) is 2.06. The van der Waals surface area contributed by atoms with Crippen LogP contribution in [0.3, 0.4) is 0 Å². The largest absolute Gasteiger partial charge is 0.493 e. The third-order valence-electron chi connectivity index (χ3n) is 2.20. The van der Waals surface area contributed by atoms with Crippen LogP contribution in [0.25, 0.3) is 0 Å². The molecule has 78 valence electrons. The molecule has 0 N–H and O–H groups in total. The first-order valence-electron chi connectivity index (χ1n) is 5.17. The van der Waals surface area contributed by atoms with E-state index in [0.717, 1.165) is 18.8 Å². The van der Waals surface area contributed by atoms with Crippen molar-refractivity contribution in [1.82, 2.24) is 0 Å². The van der Waals surface area contributed by atoms with Gasteiger partial charge in [-0.2, -0.15) is 0 Å². The minimum Gasteiger partial charge on any atom is -0.493 e. The van der Waals surface area contributed by atoms with E-state index in [1.807, 2.05) is 18.2 Å². The molecule has 0 heterocycles. The fourth-order valence-corrected chi connectivity index (χ4v) is 1.19. The van der Waals surface area contributed by atoms with Gasteiger partial charge in [-0.05, 0) is 30.4 Å². The fraction of sp³-hybridized carbons (Fsp3) is 0.538. The summed E-state index contributed by atoms with van der Waals surface area (Å²) in [7, 11) is 0. The van der Waals surface area contributed by atoms with E-state index in [9.17, 15) is 0 Å². The predicted octanol–water partition coefficient (Wildman–Crippen LogP) is 3.81. The number of hydrogen-bond acceptors (Lipinski definition) is 1. The zero-order valence-corrected chi connectivity index (χ0v) is 9.63. The normalized spacial score (nSPS) is 11.4. The monoisotopic (exact) mass is 192 g/mol. The van der Waals surface area contributed by atoms with Crippen LogP contribution >= 0.6 is 0 Å². The third-order valence-corrected chi connectivity index (χ3v) is 2.20. The summed E-state index contributed by atoms with van der Waals surface area (Å²) < 4.78 is 5.71. The third kappa shape index (κ3) is 3.82. The van der Waals surface area contributed by atoms with Gasteiger partial charge in [-0.3, -0.25) is 0 Å². The van der Waals surface area contributed by atoms with Gasteiger partial charge in [-0.15, -0.1) is 0 Å². The van der Waals surface area contributed by atoms with Crippen molar-refractivity contribution in [2.45, 2.75) is 34.1 Å². The molecule has 0 saturated heterocycles. The molecular formula is C13H20O. The van der Waals surface area contributed by atoms with Crippen molar-refractivity contribution in [2.24, 2.45) is 5.41 Å². The maximum atomic E-state index is 5.71. The number of para-hydroxylation sites is 1. The van der Waals surface area contributed by atoms with E-state index in [0.29, 0.717) is 5.41 Å². The van der Waals surface area contributed by atoms with E-state index in [1.165, 1.54) is 5.56 Å². The lowest BCUT2D eigenvalue weighted by atomic mass is 9.93. The molecule has 1 aromatic rings. The molecule has 0 unspecified atom stereocenters. The van der Waals surface area contributed by atoms with Gasteiger partial charge in [0.05, 0.1) is 6.61 Å². The van der Waals surface area contributed by atoms with Crippen LogP contribution in [-0.2, 0) is 0 Å². The summed E-state index contributed by atoms with van der Waals surface area (Å²) in [6, 6.07) is 8.15. The van der Waals surface area contributed by atoms with E-state index in [2.05, 4.69) is 33.8 Å². The Labute approximate surface area is 87.1 Å². The molecule has 1 nitrogen and oxygen atoms in total. The molecule has 0 saturated carbocycles. The first kappa shape index (κ1) is 11.1. The molecule has 1 heteroatoms. The van der Waals surface area contributed by atoms with Crippen molar-refractivity contribution in [3.63, 3.8) is 0 Å². The topological polar surface area (TPSA) is 9.23 Å². The molecule has 0 bridgehead atoms. The van der Waals surface area contributed by atoms with Gasteiger partial charge in [0.2, 0.25) is 0 Å². The highest BCUT2D eigenvalue weighted by atomic mass is 16.5. The van der Waals surface area contributed by atoms with Gasteiger partial charge >= 0.3 is 0 Å². The van der Waals surface area contributed by atoms with Crippen LogP contribution in [0.2, 0.25) is 0 Å². The smallest absolute Gasteiger partial charge is 0.122 e. The van der Waals surface area contributed by atoms with Crippen molar-refractivity contribution >= 4 is 0 Å². The molecular weight excluding hydrogens is 172 g/mol. The first-order valence-corrected chi connectivity index (χ1v) is 5.17. The lowest BCUT2D eigenvalue weighted by Crippen LogP contribution is -2.11. The van der Waals surface area contributed by atoms with E-state index >= 15 is 0 Å². The highest BCUT2D eigenvalue weighted by molar-refractivity contribution is 5.31. The Hall–Kier alpha value is -0.980. The number of rotatable bonds is 3. The molecule has 0 aliphatic carbocycles. The van der Waals surface area contributed by atoms with E-state index < -0.39 is 0 Å². The van der Waals surface area contributed by atoms with Crippen molar-refractivity contribution in [1.29, 1.82) is 0 Å². The molecule has 1 aromatic carbocycles. The molecule has 0 atom stereocenters. The van der Waals surface area contributed by atoms with Crippen LogP contribution in [0.15, 0.2) is 24.3 Å². The van der Waals surface area contributed by atoms with Gasteiger partial charge in [-0.25, -0.2) is 0 Å². The van der Waals surface area contributed by atoms with E-state index in [4.69, 9.17) is 4.74 Å². The molecule has 0 amide bonds. The molecule has 0 radical (unpaired) electrons. The second kappa shape index (κ2) is 4.50. The van der Waals surface area contributed by atoms with Crippen LogP contribution in [-0.4, -0.2) is 6.61 Å². The molecule has 1 rings (SSSR count). The zero-order chi connectivity index (χ0) is 10.6. The standard InChI is InChI=1S/C13H20O/c1-11-7-5-6-8-12(11)14-10-9-13(2,3)4/h5-8H,9-10H2,1-4H3. The van der Waals surface area contributed by atoms with Crippen molar-refractivity contribution < 1.29 is 4.74 Å². The average molecular weight is 192 g/mol. The molecule has 0 spiro atoms. The molecule has 14 heavy (non-hydrogen) atoms. The van der Waals surface area contributed by atoms with Crippen molar-refractivity contribution in [2.75, 3.05) is 6.61 Å². The Bertz CT molecular complexity index is 284. The number of benzene rings is 1. The van der Waals surface area contributed by atoms with Gasteiger partial charge in [0.15, 0.2) is 0 Å². The van der Waals surface area contributed by atoms with Gasteiger partial charge in [0.1, 0.15) is 5.75 Å². The molecule has 0 aliphatic heterocycles. The first-order chi connectivity index (χ1) is 6.49. The number of aryl methyl sites for hydroxylation is 1. The Kier molecular flexibility index (Phi) is 3.56. The van der Waals surface area contributed by atoms with E-state index in [-0.39, 0.29) is 0 Å². The fourth-order valence-electron chi connectivity index (χ4n) is 1.19. The van der Waals surface area contributed by atoms with Crippen molar-refractivity contribution in [3.8, 4) is 5.75 Å². The molecule has 0 fully saturated rings. The number of ether oxygens (including phenoxy) is 1. The zero-order valence-electron chi connectivity index (χ0n) is 9.63. The highest BCUT2D eigenvalue weighted by Gasteiger charge is 2.10. The lowest BCUT2D eigenvalue weighted by molar-refractivity contribution is 0.242. The summed E-state index contributed by atoms with van der Waals surface area (Å²) in [4.78, 5) is 0. The lowest BCUT2D eigenvalue weighted by Gasteiger charge is -2.18. The van der Waals surface area contributed by atoms with Crippen LogP contribution in [0.5, 0.6) is 5.75 Å². The Morgan fingerprint density at radius 2 is 1.79 bits per heavy atom.